The summed E-state index contributed by atoms with van der Waals surface area (Å²) in [6, 6.07) is 6.05. The van der Waals surface area contributed by atoms with E-state index in [1.54, 1.807) is 6.20 Å². The zero-order valence-electron chi connectivity index (χ0n) is 9.25. The molecule has 1 heterocycles. The number of benzene rings is 1. The Morgan fingerprint density at radius 3 is 2.81 bits per heavy atom. The third kappa shape index (κ3) is 1.85. The first-order chi connectivity index (χ1) is 7.63. The van der Waals surface area contributed by atoms with Crippen molar-refractivity contribution in [2.75, 3.05) is 24.3 Å². The summed E-state index contributed by atoms with van der Waals surface area (Å²) in [5.41, 5.74) is 2.83. The van der Waals surface area contributed by atoms with E-state index < -0.39 is 0 Å². The van der Waals surface area contributed by atoms with Gasteiger partial charge in [0.05, 0.1) is 5.33 Å². The van der Waals surface area contributed by atoms with Gasteiger partial charge in [0.25, 0.3) is 0 Å². The number of fused-ring (bicyclic) bond motifs is 1. The predicted octanol–water partition coefficient (Wildman–Crippen LogP) is 2.81. The summed E-state index contributed by atoms with van der Waals surface area (Å²) < 4.78 is 0. The number of carbonyl (C=O) groups is 1. The minimum absolute atomic E-state index is 0.0992. The largest absolute Gasteiger partial charge is 0.378 e. The summed E-state index contributed by atoms with van der Waals surface area (Å²) in [7, 11) is 3.97. The summed E-state index contributed by atoms with van der Waals surface area (Å²) >= 11 is 3.20. The quantitative estimate of drug-likeness (QED) is 0.693. The van der Waals surface area contributed by atoms with Gasteiger partial charge in [0.15, 0.2) is 5.78 Å². The van der Waals surface area contributed by atoms with Crippen LogP contribution in [0, 0.1) is 0 Å². The van der Waals surface area contributed by atoms with Gasteiger partial charge in [0, 0.05) is 42.4 Å². The van der Waals surface area contributed by atoms with Gasteiger partial charge in [-0.15, -0.1) is 0 Å². The molecule has 0 radical (unpaired) electrons. The maximum Gasteiger partial charge on any atom is 0.175 e. The Kier molecular flexibility index (Phi) is 3.01. The maximum absolute atomic E-state index is 11.7. The van der Waals surface area contributed by atoms with Crippen LogP contribution in [0.15, 0.2) is 24.4 Å². The van der Waals surface area contributed by atoms with Gasteiger partial charge < -0.3 is 9.88 Å². The van der Waals surface area contributed by atoms with Crippen LogP contribution in [0.1, 0.15) is 10.4 Å². The second-order valence-corrected chi connectivity index (χ2v) is 4.44. The van der Waals surface area contributed by atoms with Crippen molar-refractivity contribution in [1.82, 2.24) is 4.98 Å². The molecule has 0 aliphatic carbocycles. The first-order valence-electron chi connectivity index (χ1n) is 5.01. The number of rotatable bonds is 3. The number of aromatic nitrogens is 1. The van der Waals surface area contributed by atoms with E-state index in [0.717, 1.165) is 22.2 Å². The molecule has 1 aromatic heterocycles. The molecule has 1 N–H and O–H groups in total. The van der Waals surface area contributed by atoms with E-state index in [-0.39, 0.29) is 5.78 Å². The lowest BCUT2D eigenvalue weighted by Gasteiger charge is -2.12. The number of nitrogens with zero attached hydrogens (tertiary/aromatic N) is 1. The number of hydrogen-bond acceptors (Lipinski definition) is 2. The minimum Gasteiger partial charge on any atom is -0.378 e. The van der Waals surface area contributed by atoms with Gasteiger partial charge in [0.1, 0.15) is 0 Å². The molecule has 0 bridgehead atoms. The molecule has 4 heteroatoms. The van der Waals surface area contributed by atoms with Gasteiger partial charge in [0.2, 0.25) is 0 Å². The smallest absolute Gasteiger partial charge is 0.175 e. The molecule has 2 aromatic rings. The molecule has 0 spiro atoms. The second-order valence-electron chi connectivity index (χ2n) is 3.88. The molecule has 1 aromatic carbocycles. The van der Waals surface area contributed by atoms with Crippen LogP contribution in [0.4, 0.5) is 5.69 Å². The number of ketones is 1. The number of halogens is 1. The number of alkyl halides is 1. The van der Waals surface area contributed by atoms with E-state index in [1.807, 2.05) is 37.2 Å². The number of carbonyl (C=O) groups excluding carboxylic acids is 1. The highest BCUT2D eigenvalue weighted by Gasteiger charge is 2.11. The van der Waals surface area contributed by atoms with E-state index >= 15 is 0 Å². The fourth-order valence-corrected chi connectivity index (χ4v) is 1.99. The molecule has 0 amide bonds. The topological polar surface area (TPSA) is 36.1 Å². The number of nitrogens with one attached hydrogen (secondary N) is 1. The molecule has 0 fully saturated rings. The Labute approximate surface area is 103 Å². The third-order valence-corrected chi connectivity index (χ3v) is 3.11. The fourth-order valence-electron chi connectivity index (χ4n) is 1.69. The second kappa shape index (κ2) is 4.29. The summed E-state index contributed by atoms with van der Waals surface area (Å²) in [4.78, 5) is 16.8. The first kappa shape index (κ1) is 11.2. The predicted molar refractivity (Wildman–Crippen MR) is 70.8 cm³/mol. The van der Waals surface area contributed by atoms with Crippen molar-refractivity contribution in [3.63, 3.8) is 0 Å². The molecule has 0 aliphatic heterocycles. The van der Waals surface area contributed by atoms with E-state index in [2.05, 4.69) is 20.9 Å². The lowest BCUT2D eigenvalue weighted by atomic mass is 10.1. The molecule has 0 saturated carbocycles. The first-order valence-corrected chi connectivity index (χ1v) is 6.13. The van der Waals surface area contributed by atoms with Crippen molar-refractivity contribution in [2.24, 2.45) is 0 Å². The van der Waals surface area contributed by atoms with E-state index in [9.17, 15) is 4.79 Å². The van der Waals surface area contributed by atoms with E-state index in [1.165, 1.54) is 0 Å². The molecule has 84 valence electrons. The minimum atomic E-state index is 0.0992. The molecule has 0 saturated heterocycles. The van der Waals surface area contributed by atoms with Gasteiger partial charge >= 0.3 is 0 Å². The highest BCUT2D eigenvalue weighted by molar-refractivity contribution is 9.09. The number of Topliss-reactive ketones (excluding diaryl/α,β-unsaturated/α-hetero) is 1. The zero-order chi connectivity index (χ0) is 11.7. The molecule has 2 rings (SSSR count). The van der Waals surface area contributed by atoms with E-state index in [4.69, 9.17) is 0 Å². The zero-order valence-corrected chi connectivity index (χ0v) is 10.8. The van der Waals surface area contributed by atoms with Crippen LogP contribution in [0.25, 0.3) is 10.9 Å². The standard InChI is InChI=1S/C12H13BrN2O/c1-15(2)8-3-4-11-9(5-8)10(7-14-11)12(16)6-13/h3-5,7,14H,6H2,1-2H3. The molecule has 16 heavy (non-hydrogen) atoms. The highest BCUT2D eigenvalue weighted by atomic mass is 79.9. The Hall–Kier alpha value is -1.29. The number of H-pyrrole nitrogens is 1. The molecule has 0 unspecified atom stereocenters. The number of aromatic amines is 1. The molecular formula is C12H13BrN2O. The highest BCUT2D eigenvalue weighted by Crippen LogP contribution is 2.24. The number of anilines is 1. The Morgan fingerprint density at radius 2 is 2.19 bits per heavy atom. The van der Waals surface area contributed by atoms with Gasteiger partial charge in [-0.3, -0.25) is 4.79 Å². The van der Waals surface area contributed by atoms with Crippen LogP contribution in [0.5, 0.6) is 0 Å². The van der Waals surface area contributed by atoms with Gasteiger partial charge in [-0.25, -0.2) is 0 Å². The third-order valence-electron chi connectivity index (χ3n) is 2.60. The van der Waals surface area contributed by atoms with Crippen molar-refractivity contribution in [1.29, 1.82) is 0 Å². The summed E-state index contributed by atoms with van der Waals surface area (Å²) in [6.45, 7) is 0. The molecule has 0 aliphatic rings. The molecule has 0 atom stereocenters. The van der Waals surface area contributed by atoms with Crippen LogP contribution in [0.2, 0.25) is 0 Å². The van der Waals surface area contributed by atoms with Crippen LogP contribution >= 0.6 is 15.9 Å². The van der Waals surface area contributed by atoms with Crippen molar-refractivity contribution >= 4 is 38.3 Å². The Bertz CT molecular complexity index is 531. The average molecular weight is 281 g/mol. The summed E-state index contributed by atoms with van der Waals surface area (Å²) in [5.74, 6) is 0.0992. The van der Waals surface area contributed by atoms with Crippen molar-refractivity contribution in [2.45, 2.75) is 0 Å². The summed E-state index contributed by atoms with van der Waals surface area (Å²) in [5, 5.41) is 1.34. The SMILES string of the molecule is CN(C)c1ccc2[nH]cc(C(=O)CBr)c2c1. The average Bonchev–Trinajstić information content (AvgIpc) is 2.70. The van der Waals surface area contributed by atoms with Gasteiger partial charge in [-0.05, 0) is 18.2 Å². The van der Waals surface area contributed by atoms with Crippen molar-refractivity contribution in [3.05, 3.63) is 30.0 Å². The maximum atomic E-state index is 11.7. The van der Waals surface area contributed by atoms with Gasteiger partial charge in [-0.1, -0.05) is 15.9 Å². The van der Waals surface area contributed by atoms with Crippen LogP contribution in [-0.2, 0) is 0 Å². The molecular weight excluding hydrogens is 268 g/mol. The fraction of sp³-hybridized carbons (Fsp3) is 0.250. The van der Waals surface area contributed by atoms with Crippen LogP contribution in [0.3, 0.4) is 0 Å². The monoisotopic (exact) mass is 280 g/mol. The van der Waals surface area contributed by atoms with Gasteiger partial charge in [-0.2, -0.15) is 0 Å². The van der Waals surface area contributed by atoms with Crippen LogP contribution < -0.4 is 4.90 Å². The Balaban J connectivity index is 2.60. The van der Waals surface area contributed by atoms with E-state index in [0.29, 0.717) is 5.33 Å². The lowest BCUT2D eigenvalue weighted by molar-refractivity contribution is 0.102. The van der Waals surface area contributed by atoms with Crippen molar-refractivity contribution in [3.8, 4) is 0 Å². The number of hydrogen-bond donors (Lipinski definition) is 1. The Morgan fingerprint density at radius 1 is 1.44 bits per heavy atom. The summed E-state index contributed by atoms with van der Waals surface area (Å²) in [6.07, 6.45) is 1.77. The van der Waals surface area contributed by atoms with Crippen molar-refractivity contribution < 1.29 is 4.79 Å². The lowest BCUT2D eigenvalue weighted by Crippen LogP contribution is -2.08. The normalized spacial score (nSPS) is 10.7. The molecule has 3 nitrogen and oxygen atoms in total. The van der Waals surface area contributed by atoms with Crippen LogP contribution in [-0.4, -0.2) is 30.2 Å².